The van der Waals surface area contributed by atoms with E-state index in [4.69, 9.17) is 5.11 Å². The smallest absolute Gasteiger partial charge is 0.303 e. The molecular formula is C25H23F3N2O4. The van der Waals surface area contributed by atoms with Crippen LogP contribution < -0.4 is 4.90 Å². The van der Waals surface area contributed by atoms with E-state index in [1.54, 1.807) is 4.90 Å². The zero-order valence-electron chi connectivity index (χ0n) is 18.2. The minimum Gasteiger partial charge on any atom is -0.481 e. The molecule has 1 N–H and O–H groups in total. The van der Waals surface area contributed by atoms with E-state index >= 15 is 0 Å². The predicted octanol–water partition coefficient (Wildman–Crippen LogP) is 4.44. The summed E-state index contributed by atoms with van der Waals surface area (Å²) in [6, 6.07) is 5.75. The Balaban J connectivity index is 1.57. The van der Waals surface area contributed by atoms with E-state index in [0.29, 0.717) is 30.2 Å². The lowest BCUT2D eigenvalue weighted by atomic mass is 9.67. The fourth-order valence-electron chi connectivity index (χ4n) is 5.30. The Labute approximate surface area is 194 Å². The Kier molecular flexibility index (Phi) is 5.58. The maximum atomic E-state index is 14.4. The highest BCUT2D eigenvalue weighted by Gasteiger charge is 2.53. The number of hydrogen-bond acceptors (Lipinski definition) is 3. The molecule has 2 aromatic rings. The van der Waals surface area contributed by atoms with Crippen molar-refractivity contribution in [1.29, 1.82) is 0 Å². The van der Waals surface area contributed by atoms with Gasteiger partial charge in [-0.15, -0.1) is 0 Å². The van der Waals surface area contributed by atoms with Gasteiger partial charge in [0, 0.05) is 47.3 Å². The number of amides is 2. The summed E-state index contributed by atoms with van der Waals surface area (Å²) in [5.41, 5.74) is 0.717. The Bertz CT molecular complexity index is 1160. The monoisotopic (exact) mass is 472 g/mol. The molecule has 2 saturated carbocycles. The standard InChI is InChI=1S/C25H23F3N2O4/c26-14-1-5-21-19(12-14)24(29(17-2-3-17)22(31)7-8-23(32)33)18-4-6-20(18)30(21)25(34)13-9-15(27)11-16(28)10-13/h1,5,9-12,17-18,20,24H,2-4,6-8H2,(H,32,33). The fourth-order valence-corrected chi connectivity index (χ4v) is 5.30. The molecule has 2 aromatic carbocycles. The first-order chi connectivity index (χ1) is 16.2. The molecule has 6 nitrogen and oxygen atoms in total. The van der Waals surface area contributed by atoms with E-state index in [1.165, 1.54) is 23.1 Å². The molecular weight excluding hydrogens is 449 g/mol. The number of anilines is 1. The van der Waals surface area contributed by atoms with Crippen LogP contribution in [0, 0.1) is 23.4 Å². The zero-order valence-corrected chi connectivity index (χ0v) is 18.2. The van der Waals surface area contributed by atoms with E-state index in [0.717, 1.165) is 25.0 Å². The molecule has 3 atom stereocenters. The van der Waals surface area contributed by atoms with Gasteiger partial charge in [-0.2, -0.15) is 0 Å². The molecule has 3 unspecified atom stereocenters. The Morgan fingerprint density at radius 1 is 0.912 bits per heavy atom. The van der Waals surface area contributed by atoms with Crippen LogP contribution in [-0.2, 0) is 9.59 Å². The number of benzene rings is 2. The van der Waals surface area contributed by atoms with Gasteiger partial charge >= 0.3 is 5.97 Å². The summed E-state index contributed by atoms with van der Waals surface area (Å²) in [7, 11) is 0. The molecule has 0 saturated heterocycles. The maximum Gasteiger partial charge on any atom is 0.303 e. The summed E-state index contributed by atoms with van der Waals surface area (Å²) in [6.07, 6.45) is 2.42. The lowest BCUT2D eigenvalue weighted by Gasteiger charge is -2.55. The zero-order chi connectivity index (χ0) is 24.1. The van der Waals surface area contributed by atoms with Crippen molar-refractivity contribution in [2.45, 2.75) is 56.7 Å². The molecule has 178 valence electrons. The van der Waals surface area contributed by atoms with Gasteiger partial charge in [0.2, 0.25) is 5.91 Å². The van der Waals surface area contributed by atoms with E-state index < -0.39 is 35.4 Å². The minimum absolute atomic E-state index is 0.0526. The molecule has 0 radical (unpaired) electrons. The Hall–Kier alpha value is -3.36. The topological polar surface area (TPSA) is 77.9 Å². The van der Waals surface area contributed by atoms with Crippen LogP contribution in [0.2, 0.25) is 0 Å². The molecule has 1 heterocycles. The lowest BCUT2D eigenvalue weighted by molar-refractivity contribution is -0.143. The van der Waals surface area contributed by atoms with Crippen LogP contribution >= 0.6 is 0 Å². The Morgan fingerprint density at radius 3 is 2.21 bits per heavy atom. The van der Waals surface area contributed by atoms with Crippen molar-refractivity contribution in [3.05, 3.63) is 65.0 Å². The summed E-state index contributed by atoms with van der Waals surface area (Å²) in [4.78, 5) is 40.8. The van der Waals surface area contributed by atoms with Crippen LogP contribution in [0.4, 0.5) is 18.9 Å². The highest BCUT2D eigenvalue weighted by Crippen LogP contribution is 2.54. The molecule has 3 aliphatic rings. The number of halogens is 3. The second-order valence-electron chi connectivity index (χ2n) is 9.22. The quantitative estimate of drug-likeness (QED) is 0.675. The van der Waals surface area contributed by atoms with E-state index in [1.807, 2.05) is 0 Å². The molecule has 2 amide bonds. The molecule has 9 heteroatoms. The second kappa shape index (κ2) is 8.45. The molecule has 34 heavy (non-hydrogen) atoms. The summed E-state index contributed by atoms with van der Waals surface area (Å²) in [5.74, 6) is -4.42. The van der Waals surface area contributed by atoms with Crippen molar-refractivity contribution in [3.8, 4) is 0 Å². The summed E-state index contributed by atoms with van der Waals surface area (Å²) in [6.45, 7) is 0. The summed E-state index contributed by atoms with van der Waals surface area (Å²) in [5, 5.41) is 9.03. The molecule has 0 aromatic heterocycles. The third-order valence-electron chi connectivity index (χ3n) is 7.00. The van der Waals surface area contributed by atoms with Crippen molar-refractivity contribution < 1.29 is 32.7 Å². The number of hydrogen-bond donors (Lipinski definition) is 1. The van der Waals surface area contributed by atoms with Gasteiger partial charge in [-0.05, 0) is 56.0 Å². The van der Waals surface area contributed by atoms with Crippen molar-refractivity contribution in [3.63, 3.8) is 0 Å². The van der Waals surface area contributed by atoms with Gasteiger partial charge in [0.1, 0.15) is 17.5 Å². The van der Waals surface area contributed by atoms with Crippen LogP contribution in [-0.4, -0.2) is 39.9 Å². The molecule has 5 rings (SSSR count). The average Bonchev–Trinajstić information content (AvgIpc) is 3.58. The predicted molar refractivity (Wildman–Crippen MR) is 116 cm³/mol. The number of carbonyl (C=O) groups excluding carboxylic acids is 2. The van der Waals surface area contributed by atoms with Crippen molar-refractivity contribution in [1.82, 2.24) is 4.90 Å². The highest BCUT2D eigenvalue weighted by atomic mass is 19.1. The van der Waals surface area contributed by atoms with Gasteiger partial charge < -0.3 is 14.9 Å². The molecule has 2 aliphatic carbocycles. The van der Waals surface area contributed by atoms with Gasteiger partial charge in [-0.1, -0.05) is 0 Å². The van der Waals surface area contributed by atoms with Gasteiger partial charge in [-0.3, -0.25) is 14.4 Å². The van der Waals surface area contributed by atoms with Gasteiger partial charge in [0.15, 0.2) is 0 Å². The second-order valence-corrected chi connectivity index (χ2v) is 9.22. The Morgan fingerprint density at radius 2 is 1.62 bits per heavy atom. The van der Waals surface area contributed by atoms with Crippen LogP contribution in [0.5, 0.6) is 0 Å². The fraction of sp³-hybridized carbons (Fsp3) is 0.400. The minimum atomic E-state index is -1.07. The number of aliphatic carboxylic acids is 1. The number of rotatable bonds is 6. The lowest BCUT2D eigenvalue weighted by Crippen LogP contribution is -2.59. The van der Waals surface area contributed by atoms with Gasteiger partial charge in [0.05, 0.1) is 12.5 Å². The first-order valence-electron chi connectivity index (χ1n) is 11.4. The van der Waals surface area contributed by atoms with Crippen LogP contribution in [0.1, 0.15) is 60.5 Å². The van der Waals surface area contributed by atoms with Crippen molar-refractivity contribution in [2.75, 3.05) is 4.90 Å². The average molecular weight is 472 g/mol. The van der Waals surface area contributed by atoms with E-state index in [9.17, 15) is 27.6 Å². The number of carbonyl (C=O) groups is 3. The maximum absolute atomic E-state index is 14.4. The number of nitrogens with zero attached hydrogens (tertiary/aromatic N) is 2. The first kappa shape index (κ1) is 22.4. The number of carboxylic acids is 1. The van der Waals surface area contributed by atoms with E-state index in [-0.39, 0.29) is 42.3 Å². The summed E-state index contributed by atoms with van der Waals surface area (Å²) < 4.78 is 42.1. The third kappa shape index (κ3) is 3.93. The SMILES string of the molecule is O=C(O)CCC(=O)N(C1CC1)C1c2cc(F)ccc2N(C(=O)c2cc(F)cc(F)c2)C2CCC21. The highest BCUT2D eigenvalue weighted by molar-refractivity contribution is 6.07. The van der Waals surface area contributed by atoms with Gasteiger partial charge in [-0.25, -0.2) is 13.2 Å². The van der Waals surface area contributed by atoms with Crippen LogP contribution in [0.25, 0.3) is 0 Å². The van der Waals surface area contributed by atoms with Crippen molar-refractivity contribution >= 4 is 23.5 Å². The molecule has 0 spiro atoms. The number of carboxylic acid groups (broad SMARTS) is 1. The van der Waals surface area contributed by atoms with Crippen LogP contribution in [0.3, 0.4) is 0 Å². The normalized spacial score (nSPS) is 22.9. The molecule has 2 fully saturated rings. The van der Waals surface area contributed by atoms with Crippen LogP contribution in [0.15, 0.2) is 36.4 Å². The molecule has 0 bridgehead atoms. The largest absolute Gasteiger partial charge is 0.481 e. The number of fused-ring (bicyclic) bond motifs is 2. The van der Waals surface area contributed by atoms with E-state index in [2.05, 4.69) is 0 Å². The summed E-state index contributed by atoms with van der Waals surface area (Å²) >= 11 is 0. The van der Waals surface area contributed by atoms with Crippen molar-refractivity contribution in [2.24, 2.45) is 5.92 Å². The third-order valence-corrected chi connectivity index (χ3v) is 7.00. The van der Waals surface area contributed by atoms with Gasteiger partial charge in [0.25, 0.3) is 5.91 Å². The first-order valence-corrected chi connectivity index (χ1v) is 11.4. The molecule has 1 aliphatic heterocycles.